The quantitative estimate of drug-likeness (QED) is 0.368. The van der Waals surface area contributed by atoms with Crippen molar-refractivity contribution < 1.29 is 9.53 Å². The molecule has 3 aromatic heterocycles. The van der Waals surface area contributed by atoms with Crippen molar-refractivity contribution in [2.75, 3.05) is 26.2 Å². The number of carbonyl (C=O) groups is 1. The summed E-state index contributed by atoms with van der Waals surface area (Å²) in [5, 5.41) is 6.55. The van der Waals surface area contributed by atoms with Crippen LogP contribution in [0.15, 0.2) is 59.5 Å². The van der Waals surface area contributed by atoms with E-state index < -0.39 is 0 Å². The largest absolute Gasteiger partial charge is 0.484 e. The van der Waals surface area contributed by atoms with Crippen molar-refractivity contribution in [1.29, 1.82) is 0 Å². The summed E-state index contributed by atoms with van der Waals surface area (Å²) in [5.41, 5.74) is 2.32. The molecule has 0 bridgehead atoms. The van der Waals surface area contributed by atoms with Crippen LogP contribution in [0.1, 0.15) is 32.1 Å². The zero-order chi connectivity index (χ0) is 24.9. The van der Waals surface area contributed by atoms with Gasteiger partial charge in [0.2, 0.25) is 0 Å². The van der Waals surface area contributed by atoms with Crippen LogP contribution in [0.3, 0.4) is 0 Å². The lowest BCUT2D eigenvalue weighted by Gasteiger charge is -2.44. The number of amides is 1. The van der Waals surface area contributed by atoms with Gasteiger partial charge in [-0.05, 0) is 69.0 Å². The average Bonchev–Trinajstić information content (AvgIpc) is 3.28. The summed E-state index contributed by atoms with van der Waals surface area (Å²) in [7, 11) is 0. The third kappa shape index (κ3) is 3.72. The van der Waals surface area contributed by atoms with Crippen LogP contribution < -0.4 is 15.6 Å². The number of carbonyl (C=O) groups excluding carboxylic acids is 1. The van der Waals surface area contributed by atoms with Gasteiger partial charge in [-0.3, -0.25) is 19.0 Å². The normalized spacial score (nSPS) is 20.5. The van der Waals surface area contributed by atoms with Crippen molar-refractivity contribution in [2.24, 2.45) is 5.92 Å². The Balaban J connectivity index is 1.13. The third-order valence-corrected chi connectivity index (χ3v) is 8.42. The van der Waals surface area contributed by atoms with E-state index in [0.29, 0.717) is 29.6 Å². The van der Waals surface area contributed by atoms with Crippen LogP contribution in [0.4, 0.5) is 0 Å². The number of piperidine rings is 2. The van der Waals surface area contributed by atoms with Gasteiger partial charge in [0.1, 0.15) is 5.75 Å². The highest BCUT2D eigenvalue weighted by Crippen LogP contribution is 2.34. The Kier molecular flexibility index (Phi) is 5.47. The molecule has 2 aliphatic heterocycles. The molecule has 7 nitrogen and oxygen atoms in total. The van der Waals surface area contributed by atoms with E-state index in [0.717, 1.165) is 32.7 Å². The van der Waals surface area contributed by atoms with Crippen LogP contribution in [0.5, 0.6) is 5.75 Å². The molecule has 2 fully saturated rings. The minimum absolute atomic E-state index is 0.0452. The molecule has 0 radical (unpaired) electrons. The number of nitrogens with zero attached hydrogens (tertiary/aromatic N) is 3. The molecule has 188 valence electrons. The van der Waals surface area contributed by atoms with E-state index in [-0.39, 0.29) is 18.1 Å². The molecule has 0 spiro atoms. The molecule has 2 aromatic carbocycles. The van der Waals surface area contributed by atoms with Gasteiger partial charge < -0.3 is 15.0 Å². The van der Waals surface area contributed by atoms with Gasteiger partial charge in [-0.25, -0.2) is 0 Å². The fourth-order valence-electron chi connectivity index (χ4n) is 6.70. The zero-order valence-corrected chi connectivity index (χ0v) is 20.8. The number of nitrogens with one attached hydrogen (secondary N) is 1. The summed E-state index contributed by atoms with van der Waals surface area (Å²) in [5.74, 6) is 0.984. The highest BCUT2D eigenvalue weighted by atomic mass is 16.5. The Morgan fingerprint density at radius 1 is 0.973 bits per heavy atom. The second-order valence-corrected chi connectivity index (χ2v) is 10.5. The van der Waals surface area contributed by atoms with Crippen LogP contribution in [-0.2, 0) is 4.79 Å². The van der Waals surface area contributed by atoms with Crippen molar-refractivity contribution >= 4 is 44.0 Å². The topological polar surface area (TPSA) is 75.9 Å². The Labute approximate surface area is 214 Å². The van der Waals surface area contributed by atoms with Crippen molar-refractivity contribution in [1.82, 2.24) is 19.6 Å². The lowest BCUT2D eigenvalue weighted by molar-refractivity contribution is -0.123. The first-order valence-electron chi connectivity index (χ1n) is 13.4. The molecule has 0 unspecified atom stereocenters. The minimum atomic E-state index is -0.105. The molecule has 5 aromatic rings. The number of aromatic nitrogens is 2. The summed E-state index contributed by atoms with van der Waals surface area (Å²) in [6.07, 6.45) is 8.01. The van der Waals surface area contributed by atoms with Crippen molar-refractivity contribution in [3.05, 3.63) is 65.1 Å². The van der Waals surface area contributed by atoms with E-state index in [9.17, 15) is 9.59 Å². The highest BCUT2D eigenvalue weighted by Gasteiger charge is 2.32. The number of pyridine rings is 2. The molecule has 0 aliphatic carbocycles. The summed E-state index contributed by atoms with van der Waals surface area (Å²) in [4.78, 5) is 33.4. The summed E-state index contributed by atoms with van der Waals surface area (Å²) < 4.78 is 7.65. The second-order valence-electron chi connectivity index (χ2n) is 10.5. The smallest absolute Gasteiger partial charge is 0.263 e. The second kappa shape index (κ2) is 8.99. The minimum Gasteiger partial charge on any atom is -0.484 e. The molecule has 1 amide bonds. The first-order valence-corrected chi connectivity index (χ1v) is 13.4. The van der Waals surface area contributed by atoms with E-state index in [2.05, 4.69) is 15.2 Å². The van der Waals surface area contributed by atoms with Gasteiger partial charge in [-0.1, -0.05) is 24.6 Å². The van der Waals surface area contributed by atoms with Gasteiger partial charge >= 0.3 is 0 Å². The Morgan fingerprint density at radius 3 is 2.76 bits per heavy atom. The lowest BCUT2D eigenvalue weighted by atomic mass is 9.83. The van der Waals surface area contributed by atoms with Crippen LogP contribution in [0, 0.1) is 5.92 Å². The van der Waals surface area contributed by atoms with Crippen LogP contribution in [0.2, 0.25) is 0 Å². The molecule has 2 atom stereocenters. The van der Waals surface area contributed by atoms with Gasteiger partial charge in [0.25, 0.3) is 11.5 Å². The highest BCUT2D eigenvalue weighted by molar-refractivity contribution is 6.18. The fourth-order valence-corrected chi connectivity index (χ4v) is 6.70. The number of fused-ring (bicyclic) bond motifs is 6. The summed E-state index contributed by atoms with van der Waals surface area (Å²) in [6, 6.07) is 15.9. The Hall–Kier alpha value is -3.71. The van der Waals surface area contributed by atoms with E-state index in [1.807, 2.05) is 48.5 Å². The molecule has 0 saturated carbocycles. The van der Waals surface area contributed by atoms with E-state index in [1.165, 1.54) is 45.2 Å². The Morgan fingerprint density at radius 2 is 1.84 bits per heavy atom. The first-order chi connectivity index (χ1) is 18.2. The SMILES string of the molecule is O=C(COc1ccc2c3ccnc4c5ccccc5c(=O)n(c2c1)c34)NC[C@@H]1CCCN2CCCC[C@H]12. The molecule has 2 aliphatic rings. The van der Waals surface area contributed by atoms with Crippen molar-refractivity contribution in [3.63, 3.8) is 0 Å². The molecule has 1 N–H and O–H groups in total. The summed E-state index contributed by atoms with van der Waals surface area (Å²) >= 11 is 0. The maximum atomic E-state index is 13.5. The number of rotatable bonds is 5. The zero-order valence-electron chi connectivity index (χ0n) is 20.8. The monoisotopic (exact) mass is 494 g/mol. The standard InChI is InChI=1S/C30H30N4O3/c35-27(32-17-19-6-5-15-33-14-4-3-9-25(19)33)18-37-20-10-11-21-23-12-13-31-28-22-7-1-2-8-24(22)30(36)34(29(23)28)26(21)16-20/h1-2,7-8,10-13,16,19,25H,3-6,9,14-15,17-18H2,(H,32,35)/t19-,25+/m0/s1. The number of benzene rings is 2. The van der Waals surface area contributed by atoms with Crippen molar-refractivity contribution in [2.45, 2.75) is 38.1 Å². The fraction of sp³-hybridized carbons (Fsp3) is 0.367. The average molecular weight is 495 g/mol. The third-order valence-electron chi connectivity index (χ3n) is 8.42. The van der Waals surface area contributed by atoms with Gasteiger partial charge in [-0.15, -0.1) is 0 Å². The molecule has 5 heterocycles. The molecule has 7 rings (SSSR count). The molecule has 37 heavy (non-hydrogen) atoms. The van der Waals surface area contributed by atoms with Crippen LogP contribution in [-0.4, -0.2) is 52.5 Å². The van der Waals surface area contributed by atoms with E-state index in [1.54, 1.807) is 10.6 Å². The Bertz CT molecular complexity index is 1690. The van der Waals surface area contributed by atoms with Gasteiger partial charge in [0.05, 0.1) is 16.6 Å². The van der Waals surface area contributed by atoms with Gasteiger partial charge in [0.15, 0.2) is 6.61 Å². The maximum Gasteiger partial charge on any atom is 0.263 e. The number of ether oxygens (including phenoxy) is 1. The molecular formula is C30H30N4O3. The first kappa shape index (κ1) is 22.5. The summed E-state index contributed by atoms with van der Waals surface area (Å²) in [6.45, 7) is 3.06. The van der Waals surface area contributed by atoms with E-state index >= 15 is 0 Å². The van der Waals surface area contributed by atoms with Crippen LogP contribution >= 0.6 is 0 Å². The predicted molar refractivity (Wildman–Crippen MR) is 146 cm³/mol. The van der Waals surface area contributed by atoms with Crippen LogP contribution in [0.25, 0.3) is 38.1 Å². The molecule has 2 saturated heterocycles. The lowest BCUT2D eigenvalue weighted by Crippen LogP contribution is -2.51. The van der Waals surface area contributed by atoms with Gasteiger partial charge in [-0.2, -0.15) is 0 Å². The number of hydrogen-bond donors (Lipinski definition) is 1. The number of hydrogen-bond acceptors (Lipinski definition) is 5. The van der Waals surface area contributed by atoms with Gasteiger partial charge in [0, 0.05) is 46.4 Å². The van der Waals surface area contributed by atoms with Crippen molar-refractivity contribution in [3.8, 4) is 5.75 Å². The predicted octanol–water partition coefficient (Wildman–Crippen LogP) is 4.35. The molecular weight excluding hydrogens is 464 g/mol. The maximum absolute atomic E-state index is 13.5. The molecule has 7 heteroatoms. The van der Waals surface area contributed by atoms with E-state index in [4.69, 9.17) is 4.74 Å².